The first-order chi connectivity index (χ1) is 4.55. The lowest BCUT2D eigenvalue weighted by Crippen LogP contribution is -2.22. The lowest BCUT2D eigenvalue weighted by atomic mass is 10.8. The van der Waals surface area contributed by atoms with E-state index in [2.05, 4.69) is 26.6 Å². The van der Waals surface area contributed by atoms with Crippen LogP contribution in [0.15, 0.2) is 0 Å². The van der Waals surface area contributed by atoms with Crippen LogP contribution in [0.5, 0.6) is 0 Å². The summed E-state index contributed by atoms with van der Waals surface area (Å²) in [5.41, 5.74) is 0.951. The van der Waals surface area contributed by atoms with E-state index >= 15 is 0 Å². The van der Waals surface area contributed by atoms with Gasteiger partial charge in [0.05, 0.1) is 14.2 Å². The van der Waals surface area contributed by atoms with Crippen molar-refractivity contribution in [3.63, 3.8) is 0 Å². The Hall–Kier alpha value is 0.177. The fourth-order valence-electron chi connectivity index (χ4n) is 1.48. The molecule has 1 rings (SSSR count). The Morgan fingerprint density at radius 3 is 2.30 bits per heavy atom. The van der Waals surface area contributed by atoms with Gasteiger partial charge < -0.3 is 4.74 Å². The summed E-state index contributed by atoms with van der Waals surface area (Å²) >= 11 is 0. The SMILES string of the molecule is CCO[C@H]1C[C@@H]1[Si](C)(C)C. The van der Waals surface area contributed by atoms with E-state index in [1.807, 2.05) is 0 Å². The molecule has 1 fully saturated rings. The van der Waals surface area contributed by atoms with Gasteiger partial charge in [-0.15, -0.1) is 0 Å². The van der Waals surface area contributed by atoms with Crippen molar-refractivity contribution in [1.82, 2.24) is 0 Å². The molecule has 0 aromatic rings. The van der Waals surface area contributed by atoms with Crippen LogP contribution in [-0.2, 0) is 4.74 Å². The van der Waals surface area contributed by atoms with Gasteiger partial charge in [-0.3, -0.25) is 0 Å². The maximum atomic E-state index is 5.53. The van der Waals surface area contributed by atoms with Crippen molar-refractivity contribution >= 4 is 8.07 Å². The number of ether oxygens (including phenoxy) is 1. The summed E-state index contributed by atoms with van der Waals surface area (Å²) in [6.45, 7) is 10.3. The van der Waals surface area contributed by atoms with E-state index in [0.717, 1.165) is 12.1 Å². The molecule has 2 heteroatoms. The van der Waals surface area contributed by atoms with E-state index in [9.17, 15) is 0 Å². The molecule has 0 radical (unpaired) electrons. The average molecular weight is 158 g/mol. The molecule has 1 saturated carbocycles. The zero-order valence-electron chi connectivity index (χ0n) is 7.48. The van der Waals surface area contributed by atoms with Crippen LogP contribution >= 0.6 is 0 Å². The van der Waals surface area contributed by atoms with Gasteiger partial charge in [-0.25, -0.2) is 0 Å². The van der Waals surface area contributed by atoms with Gasteiger partial charge in [-0.1, -0.05) is 19.6 Å². The van der Waals surface area contributed by atoms with Crippen molar-refractivity contribution in [2.45, 2.75) is 44.6 Å². The van der Waals surface area contributed by atoms with Crippen LogP contribution in [-0.4, -0.2) is 20.8 Å². The highest BCUT2D eigenvalue weighted by atomic mass is 28.3. The second-order valence-electron chi connectivity index (χ2n) is 4.20. The van der Waals surface area contributed by atoms with E-state index in [1.165, 1.54) is 6.42 Å². The smallest absolute Gasteiger partial charge is 0.0581 e. The van der Waals surface area contributed by atoms with Gasteiger partial charge in [0.25, 0.3) is 0 Å². The van der Waals surface area contributed by atoms with Crippen LogP contribution in [0.2, 0.25) is 25.2 Å². The first-order valence-electron chi connectivity index (χ1n) is 4.17. The lowest BCUT2D eigenvalue weighted by molar-refractivity contribution is 0.132. The summed E-state index contributed by atoms with van der Waals surface area (Å²) in [5.74, 6) is 0. The van der Waals surface area contributed by atoms with Crippen molar-refractivity contribution in [2.24, 2.45) is 0 Å². The first-order valence-corrected chi connectivity index (χ1v) is 7.75. The van der Waals surface area contributed by atoms with Crippen LogP contribution in [0.4, 0.5) is 0 Å². The largest absolute Gasteiger partial charge is 0.379 e. The van der Waals surface area contributed by atoms with E-state index in [0.29, 0.717) is 6.10 Å². The zero-order valence-corrected chi connectivity index (χ0v) is 8.48. The summed E-state index contributed by atoms with van der Waals surface area (Å²) in [7, 11) is -0.849. The van der Waals surface area contributed by atoms with E-state index in [4.69, 9.17) is 4.74 Å². The Morgan fingerprint density at radius 2 is 2.00 bits per heavy atom. The van der Waals surface area contributed by atoms with Gasteiger partial charge in [0.2, 0.25) is 0 Å². The molecule has 0 aromatic heterocycles. The Kier molecular flexibility index (Phi) is 2.20. The van der Waals surface area contributed by atoms with E-state index in [-0.39, 0.29) is 0 Å². The number of hydrogen-bond donors (Lipinski definition) is 0. The minimum atomic E-state index is -0.849. The minimum Gasteiger partial charge on any atom is -0.379 e. The molecule has 10 heavy (non-hydrogen) atoms. The molecule has 60 valence electrons. The zero-order chi connectivity index (χ0) is 7.78. The van der Waals surface area contributed by atoms with E-state index < -0.39 is 8.07 Å². The quantitative estimate of drug-likeness (QED) is 0.573. The van der Waals surface area contributed by atoms with Crippen LogP contribution in [0, 0.1) is 0 Å². The first kappa shape index (κ1) is 8.28. The maximum Gasteiger partial charge on any atom is 0.0581 e. The Balaban J connectivity index is 2.25. The molecule has 0 spiro atoms. The molecule has 1 nitrogen and oxygen atoms in total. The van der Waals surface area contributed by atoms with Crippen molar-refractivity contribution < 1.29 is 4.74 Å². The van der Waals surface area contributed by atoms with Gasteiger partial charge in [0.1, 0.15) is 0 Å². The highest BCUT2D eigenvalue weighted by Gasteiger charge is 2.46. The Labute approximate surface area is 64.8 Å². The van der Waals surface area contributed by atoms with Crippen molar-refractivity contribution in [2.75, 3.05) is 6.61 Å². The molecule has 0 saturated heterocycles. The maximum absolute atomic E-state index is 5.53. The summed E-state index contributed by atoms with van der Waals surface area (Å²) in [6, 6.07) is 0. The van der Waals surface area contributed by atoms with E-state index in [1.54, 1.807) is 0 Å². The monoisotopic (exact) mass is 158 g/mol. The molecule has 0 heterocycles. The van der Waals surface area contributed by atoms with Gasteiger partial charge in [-0.2, -0.15) is 0 Å². The highest BCUT2D eigenvalue weighted by molar-refractivity contribution is 6.78. The summed E-state index contributed by atoms with van der Waals surface area (Å²) < 4.78 is 5.53. The molecule has 0 amide bonds. The summed E-state index contributed by atoms with van der Waals surface area (Å²) in [5, 5.41) is 0. The fraction of sp³-hybridized carbons (Fsp3) is 1.00. The van der Waals surface area contributed by atoms with Crippen molar-refractivity contribution in [3.8, 4) is 0 Å². The van der Waals surface area contributed by atoms with Crippen LogP contribution in [0.1, 0.15) is 13.3 Å². The van der Waals surface area contributed by atoms with Crippen molar-refractivity contribution in [1.29, 1.82) is 0 Å². The van der Waals surface area contributed by atoms with Crippen LogP contribution in [0.25, 0.3) is 0 Å². The van der Waals surface area contributed by atoms with Gasteiger partial charge in [0.15, 0.2) is 0 Å². The summed E-state index contributed by atoms with van der Waals surface area (Å²) in [4.78, 5) is 0. The molecular formula is C8H18OSi. The Bertz CT molecular complexity index is 117. The molecule has 1 aliphatic carbocycles. The number of hydrogen-bond acceptors (Lipinski definition) is 1. The van der Waals surface area contributed by atoms with Gasteiger partial charge in [0, 0.05) is 6.61 Å². The molecule has 1 aliphatic rings. The standard InChI is InChI=1S/C8H18OSi/c1-5-9-7-6-8(7)10(2,3)4/h7-8H,5-6H2,1-4H3/t7-,8-/m0/s1. The molecule has 0 aliphatic heterocycles. The third-order valence-electron chi connectivity index (χ3n) is 2.23. The van der Waals surface area contributed by atoms with Gasteiger partial charge in [-0.05, 0) is 18.9 Å². The number of rotatable bonds is 3. The van der Waals surface area contributed by atoms with Gasteiger partial charge >= 0.3 is 0 Å². The second kappa shape index (κ2) is 2.66. The normalized spacial score (nSPS) is 32.4. The molecule has 0 N–H and O–H groups in total. The Morgan fingerprint density at radius 1 is 1.40 bits per heavy atom. The summed E-state index contributed by atoms with van der Waals surface area (Å²) in [6.07, 6.45) is 1.97. The molecular weight excluding hydrogens is 140 g/mol. The predicted molar refractivity (Wildman–Crippen MR) is 47.1 cm³/mol. The molecule has 0 unspecified atom stereocenters. The molecule has 0 aromatic carbocycles. The van der Waals surface area contributed by atoms with Crippen LogP contribution < -0.4 is 0 Å². The molecule has 2 atom stereocenters. The molecule has 0 bridgehead atoms. The highest BCUT2D eigenvalue weighted by Crippen LogP contribution is 2.47. The third kappa shape index (κ3) is 1.83. The second-order valence-corrected chi connectivity index (χ2v) is 9.68. The topological polar surface area (TPSA) is 9.23 Å². The third-order valence-corrected chi connectivity index (χ3v) is 5.06. The lowest BCUT2D eigenvalue weighted by Gasteiger charge is -2.14. The van der Waals surface area contributed by atoms with Crippen LogP contribution in [0.3, 0.4) is 0 Å². The fourth-order valence-corrected chi connectivity index (χ4v) is 3.63. The minimum absolute atomic E-state index is 0.636. The van der Waals surface area contributed by atoms with Crippen molar-refractivity contribution in [3.05, 3.63) is 0 Å². The predicted octanol–water partition coefficient (Wildman–Crippen LogP) is 2.50. The average Bonchev–Trinajstić information content (AvgIpc) is 2.44.